The predicted octanol–water partition coefficient (Wildman–Crippen LogP) is -0.292. The molecular weight excluding hydrogens is 174 g/mol. The van der Waals surface area contributed by atoms with Crippen LogP contribution in [-0.2, 0) is 0 Å². The van der Waals surface area contributed by atoms with Gasteiger partial charge in [-0.25, -0.2) is 4.39 Å². The van der Waals surface area contributed by atoms with Gasteiger partial charge in [-0.2, -0.15) is 0 Å². The van der Waals surface area contributed by atoms with Crippen LogP contribution in [0.15, 0.2) is 18.2 Å². The van der Waals surface area contributed by atoms with E-state index >= 15 is 0 Å². The lowest BCUT2D eigenvalue weighted by molar-refractivity contribution is 0.101. The van der Waals surface area contributed by atoms with E-state index in [1.54, 1.807) is 0 Å². The number of hydrogen-bond donors (Lipinski definition) is 2. The predicted molar refractivity (Wildman–Crippen MR) is 46.2 cm³/mol. The first-order valence-electron chi connectivity index (χ1n) is 3.68. The Balaban J connectivity index is 3.19. The van der Waals surface area contributed by atoms with Gasteiger partial charge in [-0.3, -0.25) is 4.79 Å². The molecule has 1 aromatic rings. The van der Waals surface area contributed by atoms with E-state index in [2.05, 4.69) is 0 Å². The van der Waals surface area contributed by atoms with Gasteiger partial charge in [0.1, 0.15) is 5.82 Å². The quantitative estimate of drug-likeness (QED) is 0.487. The Bertz CT molecular complexity index is 338. The second-order valence-electron chi connectivity index (χ2n) is 2.70. The van der Waals surface area contributed by atoms with Crippen molar-refractivity contribution in [3.05, 3.63) is 29.6 Å². The topological polar surface area (TPSA) is 57.5 Å². The van der Waals surface area contributed by atoms with Crippen LogP contribution in [0.1, 0.15) is 17.3 Å². The van der Waals surface area contributed by atoms with E-state index in [0.717, 1.165) is 12.1 Å². The van der Waals surface area contributed by atoms with Crippen molar-refractivity contribution in [1.82, 2.24) is 0 Å². The molecule has 13 heavy (non-hydrogen) atoms. The van der Waals surface area contributed by atoms with Gasteiger partial charge in [-0.05, 0) is 24.5 Å². The summed E-state index contributed by atoms with van der Waals surface area (Å²) in [5.41, 5.74) is 0.105. The Morgan fingerprint density at radius 1 is 1.38 bits per heavy atom. The molecule has 0 heterocycles. The molecule has 0 amide bonds. The van der Waals surface area contributed by atoms with E-state index in [9.17, 15) is 9.18 Å². The first kappa shape index (κ1) is 9.89. The molecule has 1 rings (SSSR count). The van der Waals surface area contributed by atoms with Crippen LogP contribution in [0, 0.1) is 5.82 Å². The van der Waals surface area contributed by atoms with Gasteiger partial charge >= 0.3 is 7.12 Å². The van der Waals surface area contributed by atoms with Crippen molar-refractivity contribution in [3.63, 3.8) is 0 Å². The summed E-state index contributed by atoms with van der Waals surface area (Å²) in [6.45, 7) is 1.28. The molecule has 3 nitrogen and oxygen atoms in total. The van der Waals surface area contributed by atoms with Crippen molar-refractivity contribution in [1.29, 1.82) is 0 Å². The van der Waals surface area contributed by atoms with Crippen LogP contribution < -0.4 is 5.46 Å². The second-order valence-corrected chi connectivity index (χ2v) is 2.70. The number of Topliss-reactive ketones (excluding diaryl/α,β-unsaturated/α-hetero) is 1. The SMILES string of the molecule is CC(=O)c1cc(F)cc(B(O)O)c1. The lowest BCUT2D eigenvalue weighted by atomic mass is 9.79. The molecule has 0 aliphatic carbocycles. The van der Waals surface area contributed by atoms with Gasteiger partial charge in [-0.15, -0.1) is 0 Å². The van der Waals surface area contributed by atoms with Crippen molar-refractivity contribution < 1.29 is 19.2 Å². The molecule has 0 unspecified atom stereocenters. The summed E-state index contributed by atoms with van der Waals surface area (Å²) in [7, 11) is -1.76. The van der Waals surface area contributed by atoms with Gasteiger partial charge in [-0.1, -0.05) is 6.07 Å². The Morgan fingerprint density at radius 3 is 2.46 bits per heavy atom. The summed E-state index contributed by atoms with van der Waals surface area (Å²) < 4.78 is 12.8. The van der Waals surface area contributed by atoms with Crippen LogP contribution in [0.25, 0.3) is 0 Å². The molecule has 0 aromatic heterocycles. The highest BCUT2D eigenvalue weighted by Crippen LogP contribution is 2.02. The number of halogens is 1. The number of ketones is 1. The number of hydrogen-bond acceptors (Lipinski definition) is 3. The molecule has 0 fully saturated rings. The fourth-order valence-corrected chi connectivity index (χ4v) is 0.965. The molecule has 0 aliphatic rings. The summed E-state index contributed by atoms with van der Waals surface area (Å²) in [4.78, 5) is 10.8. The summed E-state index contributed by atoms with van der Waals surface area (Å²) in [5.74, 6) is -0.975. The van der Waals surface area contributed by atoms with E-state index < -0.39 is 12.9 Å². The fraction of sp³-hybridized carbons (Fsp3) is 0.125. The zero-order chi connectivity index (χ0) is 10.0. The van der Waals surface area contributed by atoms with Crippen molar-refractivity contribution in [3.8, 4) is 0 Å². The van der Waals surface area contributed by atoms with Gasteiger partial charge in [0, 0.05) is 5.56 Å². The molecule has 0 spiro atoms. The van der Waals surface area contributed by atoms with Crippen molar-refractivity contribution in [2.24, 2.45) is 0 Å². The van der Waals surface area contributed by atoms with Crippen molar-refractivity contribution in [2.45, 2.75) is 6.92 Å². The van der Waals surface area contributed by atoms with E-state index in [1.807, 2.05) is 0 Å². The van der Waals surface area contributed by atoms with Crippen molar-refractivity contribution >= 4 is 18.4 Å². The third-order valence-corrected chi connectivity index (χ3v) is 1.62. The average molecular weight is 182 g/mol. The first-order chi connectivity index (χ1) is 6.00. The largest absolute Gasteiger partial charge is 0.488 e. The summed E-state index contributed by atoms with van der Waals surface area (Å²) in [5, 5.41) is 17.5. The normalized spacial score (nSPS) is 9.85. The molecule has 0 bridgehead atoms. The van der Waals surface area contributed by atoms with Crippen LogP contribution >= 0.6 is 0 Å². The second kappa shape index (κ2) is 3.68. The highest BCUT2D eigenvalue weighted by Gasteiger charge is 2.14. The Morgan fingerprint density at radius 2 is 2.00 bits per heavy atom. The Kier molecular flexibility index (Phi) is 2.80. The smallest absolute Gasteiger partial charge is 0.423 e. The molecule has 0 radical (unpaired) electrons. The fourth-order valence-electron chi connectivity index (χ4n) is 0.965. The zero-order valence-corrected chi connectivity index (χ0v) is 6.99. The first-order valence-corrected chi connectivity index (χ1v) is 3.68. The lowest BCUT2D eigenvalue weighted by Gasteiger charge is -2.02. The molecule has 0 saturated carbocycles. The average Bonchev–Trinajstić information content (AvgIpc) is 2.03. The monoisotopic (exact) mass is 182 g/mol. The molecular formula is C8H8BFO3. The lowest BCUT2D eigenvalue weighted by Crippen LogP contribution is -2.30. The minimum Gasteiger partial charge on any atom is -0.423 e. The summed E-state index contributed by atoms with van der Waals surface area (Å²) >= 11 is 0. The maximum atomic E-state index is 12.8. The van der Waals surface area contributed by atoms with E-state index in [4.69, 9.17) is 10.0 Å². The number of carbonyl (C=O) groups is 1. The molecule has 0 atom stereocenters. The van der Waals surface area contributed by atoms with Gasteiger partial charge in [0.2, 0.25) is 0 Å². The standard InChI is InChI=1S/C8H8BFO3/c1-5(11)6-2-7(9(12)13)4-8(10)3-6/h2-4,12-13H,1H3. The van der Waals surface area contributed by atoms with Crippen molar-refractivity contribution in [2.75, 3.05) is 0 Å². The van der Waals surface area contributed by atoms with Crippen LogP contribution in [-0.4, -0.2) is 22.9 Å². The zero-order valence-electron chi connectivity index (χ0n) is 6.99. The number of carbonyl (C=O) groups excluding carboxylic acids is 1. The van der Waals surface area contributed by atoms with Gasteiger partial charge in [0.05, 0.1) is 0 Å². The van der Waals surface area contributed by atoms with E-state index in [-0.39, 0.29) is 16.8 Å². The molecule has 0 saturated heterocycles. The third-order valence-electron chi connectivity index (χ3n) is 1.62. The molecule has 5 heteroatoms. The van der Waals surface area contributed by atoms with Gasteiger partial charge in [0.25, 0.3) is 0 Å². The molecule has 68 valence electrons. The minimum absolute atomic E-state index is 0.0230. The maximum absolute atomic E-state index is 12.8. The van der Waals surface area contributed by atoms with E-state index in [1.165, 1.54) is 13.0 Å². The Hall–Kier alpha value is -1.20. The minimum atomic E-state index is -1.76. The van der Waals surface area contributed by atoms with Crippen LogP contribution in [0.4, 0.5) is 4.39 Å². The summed E-state index contributed by atoms with van der Waals surface area (Å²) in [6.07, 6.45) is 0. The number of benzene rings is 1. The van der Waals surface area contributed by atoms with Gasteiger partial charge < -0.3 is 10.0 Å². The highest BCUT2D eigenvalue weighted by atomic mass is 19.1. The molecule has 2 N–H and O–H groups in total. The van der Waals surface area contributed by atoms with Crippen LogP contribution in [0.2, 0.25) is 0 Å². The van der Waals surface area contributed by atoms with Gasteiger partial charge in [0.15, 0.2) is 5.78 Å². The van der Waals surface area contributed by atoms with Crippen LogP contribution in [0.3, 0.4) is 0 Å². The highest BCUT2D eigenvalue weighted by molar-refractivity contribution is 6.58. The number of rotatable bonds is 2. The van der Waals surface area contributed by atoms with Crippen LogP contribution in [0.5, 0.6) is 0 Å². The third kappa shape index (κ3) is 2.37. The molecule has 1 aromatic carbocycles. The summed E-state index contributed by atoms with van der Waals surface area (Å²) in [6, 6.07) is 3.27. The van der Waals surface area contributed by atoms with E-state index in [0.29, 0.717) is 0 Å². The maximum Gasteiger partial charge on any atom is 0.488 e. The Labute approximate surface area is 75.0 Å². The molecule has 0 aliphatic heterocycles.